The molecule has 0 saturated heterocycles. The van der Waals surface area contributed by atoms with E-state index in [1.165, 1.54) is 68.5 Å². The van der Waals surface area contributed by atoms with Crippen LogP contribution in [-0.2, 0) is 0 Å². The Hall–Kier alpha value is -0.150. The van der Waals surface area contributed by atoms with Gasteiger partial charge in [-0.1, -0.05) is 51.9 Å². The third-order valence-corrected chi connectivity index (χ3v) is 5.18. The van der Waals surface area contributed by atoms with Gasteiger partial charge in [-0.3, -0.25) is 0 Å². The molecule has 0 aromatic rings. The topological polar surface area (TPSA) is 23.5 Å². The van der Waals surface area contributed by atoms with Gasteiger partial charge in [0.1, 0.15) is 0 Å². The van der Waals surface area contributed by atoms with E-state index in [2.05, 4.69) is 18.7 Å². The fraction of sp³-hybridized carbons (Fsp3) is 0.875. The van der Waals surface area contributed by atoms with Crippen molar-refractivity contribution in [3.63, 3.8) is 0 Å². The van der Waals surface area contributed by atoms with Gasteiger partial charge in [0.15, 0.2) is 0 Å². The standard InChI is InChI=1S/C16H31NOS/c1-3-4-5-6-7-8-9-10-12-17-14-19-16(11-13-18)15(17)2/h18H,3-14H2,1-2H3. The third-order valence-electron chi connectivity index (χ3n) is 3.89. The van der Waals surface area contributed by atoms with Crippen molar-refractivity contribution in [1.29, 1.82) is 0 Å². The van der Waals surface area contributed by atoms with Crippen molar-refractivity contribution < 1.29 is 5.11 Å². The van der Waals surface area contributed by atoms with Crippen molar-refractivity contribution >= 4 is 11.8 Å². The minimum Gasteiger partial charge on any atom is -0.396 e. The highest BCUT2D eigenvalue weighted by Gasteiger charge is 2.18. The molecule has 1 heterocycles. The molecule has 3 heteroatoms. The zero-order chi connectivity index (χ0) is 13.9. The first-order chi connectivity index (χ1) is 9.29. The number of aliphatic hydroxyl groups is 1. The van der Waals surface area contributed by atoms with Crippen molar-refractivity contribution in [2.45, 2.75) is 71.6 Å². The quantitative estimate of drug-likeness (QED) is 0.554. The summed E-state index contributed by atoms with van der Waals surface area (Å²) in [7, 11) is 0. The molecule has 1 rings (SSSR count). The average Bonchev–Trinajstić information content (AvgIpc) is 2.75. The van der Waals surface area contributed by atoms with E-state index in [1.807, 2.05) is 11.8 Å². The monoisotopic (exact) mass is 285 g/mol. The predicted octanol–water partition coefficient (Wildman–Crippen LogP) is 4.75. The number of unbranched alkanes of at least 4 members (excludes halogenated alkanes) is 7. The lowest BCUT2D eigenvalue weighted by Gasteiger charge is -2.19. The van der Waals surface area contributed by atoms with Gasteiger partial charge in [-0.25, -0.2) is 0 Å². The van der Waals surface area contributed by atoms with Crippen molar-refractivity contribution in [2.75, 3.05) is 19.0 Å². The number of allylic oxidation sites excluding steroid dienone is 1. The molecule has 0 atom stereocenters. The summed E-state index contributed by atoms with van der Waals surface area (Å²) in [6, 6.07) is 0. The highest BCUT2D eigenvalue weighted by molar-refractivity contribution is 8.03. The smallest absolute Gasteiger partial charge is 0.0680 e. The first-order valence-corrected chi connectivity index (χ1v) is 8.96. The summed E-state index contributed by atoms with van der Waals surface area (Å²) in [5.74, 6) is 1.09. The van der Waals surface area contributed by atoms with Crippen LogP contribution in [0, 0.1) is 0 Å². The van der Waals surface area contributed by atoms with Crippen molar-refractivity contribution in [3.8, 4) is 0 Å². The van der Waals surface area contributed by atoms with Gasteiger partial charge < -0.3 is 10.0 Å². The Kier molecular flexibility index (Phi) is 9.44. The van der Waals surface area contributed by atoms with E-state index in [-0.39, 0.29) is 6.61 Å². The molecular formula is C16H31NOS. The summed E-state index contributed by atoms with van der Waals surface area (Å²) in [5.41, 5.74) is 1.40. The van der Waals surface area contributed by atoms with Crippen LogP contribution in [-0.4, -0.2) is 29.0 Å². The van der Waals surface area contributed by atoms with Crippen molar-refractivity contribution in [1.82, 2.24) is 4.90 Å². The van der Waals surface area contributed by atoms with Gasteiger partial charge >= 0.3 is 0 Å². The summed E-state index contributed by atoms with van der Waals surface area (Å²) >= 11 is 1.91. The van der Waals surface area contributed by atoms with Gasteiger partial charge in [-0.2, -0.15) is 0 Å². The van der Waals surface area contributed by atoms with Crippen LogP contribution in [0.4, 0.5) is 0 Å². The van der Waals surface area contributed by atoms with Gasteiger partial charge in [0.2, 0.25) is 0 Å². The van der Waals surface area contributed by atoms with Crippen LogP contribution in [0.25, 0.3) is 0 Å². The summed E-state index contributed by atoms with van der Waals surface area (Å²) < 4.78 is 0. The second-order valence-corrected chi connectivity index (χ2v) is 6.53. The molecule has 1 aliphatic heterocycles. The zero-order valence-electron chi connectivity index (χ0n) is 12.8. The molecule has 0 saturated carbocycles. The molecule has 2 nitrogen and oxygen atoms in total. The molecule has 0 aromatic heterocycles. The first-order valence-electron chi connectivity index (χ1n) is 7.98. The van der Waals surface area contributed by atoms with Gasteiger partial charge in [0, 0.05) is 30.2 Å². The molecular weight excluding hydrogens is 254 g/mol. The molecule has 112 valence electrons. The van der Waals surface area contributed by atoms with Crippen LogP contribution in [0.15, 0.2) is 10.6 Å². The summed E-state index contributed by atoms with van der Waals surface area (Å²) in [6.07, 6.45) is 11.9. The molecule has 0 aromatic carbocycles. The normalized spacial score (nSPS) is 15.6. The van der Waals surface area contributed by atoms with Crippen LogP contribution < -0.4 is 0 Å². The number of rotatable bonds is 11. The second kappa shape index (κ2) is 10.6. The average molecular weight is 285 g/mol. The lowest BCUT2D eigenvalue weighted by atomic mass is 10.1. The lowest BCUT2D eigenvalue weighted by Crippen LogP contribution is -2.18. The minimum atomic E-state index is 0.283. The molecule has 0 aliphatic carbocycles. The van der Waals surface area contributed by atoms with Crippen LogP contribution in [0.1, 0.15) is 71.6 Å². The maximum Gasteiger partial charge on any atom is 0.0680 e. The lowest BCUT2D eigenvalue weighted by molar-refractivity contribution is 0.300. The van der Waals surface area contributed by atoms with E-state index in [4.69, 9.17) is 5.11 Å². The Labute approximate surface area is 123 Å². The molecule has 1 aliphatic rings. The number of thioether (sulfide) groups is 1. The maximum atomic E-state index is 9.00. The van der Waals surface area contributed by atoms with E-state index in [1.54, 1.807) is 0 Å². The fourth-order valence-electron chi connectivity index (χ4n) is 2.56. The molecule has 1 N–H and O–H groups in total. The molecule has 0 amide bonds. The Morgan fingerprint density at radius 1 is 1.05 bits per heavy atom. The molecule has 19 heavy (non-hydrogen) atoms. The van der Waals surface area contributed by atoms with Gasteiger partial charge in [0.25, 0.3) is 0 Å². The van der Waals surface area contributed by atoms with E-state index in [0.29, 0.717) is 0 Å². The van der Waals surface area contributed by atoms with Crippen molar-refractivity contribution in [3.05, 3.63) is 10.6 Å². The molecule has 0 fully saturated rings. The molecule has 0 spiro atoms. The fourth-order valence-corrected chi connectivity index (χ4v) is 3.76. The third kappa shape index (κ3) is 6.71. The number of hydrogen-bond acceptors (Lipinski definition) is 3. The Morgan fingerprint density at radius 2 is 1.68 bits per heavy atom. The molecule has 0 radical (unpaired) electrons. The van der Waals surface area contributed by atoms with E-state index in [9.17, 15) is 0 Å². The van der Waals surface area contributed by atoms with E-state index >= 15 is 0 Å². The SMILES string of the molecule is CCCCCCCCCCN1CSC(CCO)=C1C. The number of hydrogen-bond donors (Lipinski definition) is 1. The van der Waals surface area contributed by atoms with Crippen LogP contribution in [0.2, 0.25) is 0 Å². The van der Waals surface area contributed by atoms with E-state index in [0.717, 1.165) is 12.3 Å². The summed E-state index contributed by atoms with van der Waals surface area (Å²) in [6.45, 7) is 5.96. The minimum absolute atomic E-state index is 0.283. The van der Waals surface area contributed by atoms with Gasteiger partial charge in [0.05, 0.1) is 5.88 Å². The maximum absolute atomic E-state index is 9.00. The molecule has 0 unspecified atom stereocenters. The van der Waals surface area contributed by atoms with Crippen LogP contribution in [0.5, 0.6) is 0 Å². The van der Waals surface area contributed by atoms with Crippen LogP contribution >= 0.6 is 11.8 Å². The largest absolute Gasteiger partial charge is 0.396 e. The van der Waals surface area contributed by atoms with Gasteiger partial charge in [-0.05, 0) is 13.3 Å². The summed E-state index contributed by atoms with van der Waals surface area (Å²) in [5, 5.41) is 9.00. The number of nitrogens with zero attached hydrogens (tertiary/aromatic N) is 1. The Balaban J connectivity index is 2.01. The zero-order valence-corrected chi connectivity index (χ0v) is 13.6. The highest BCUT2D eigenvalue weighted by Crippen LogP contribution is 2.33. The predicted molar refractivity (Wildman–Crippen MR) is 86.2 cm³/mol. The second-order valence-electron chi connectivity index (χ2n) is 5.49. The van der Waals surface area contributed by atoms with Crippen molar-refractivity contribution in [2.24, 2.45) is 0 Å². The highest BCUT2D eigenvalue weighted by atomic mass is 32.2. The molecule has 0 bridgehead atoms. The Morgan fingerprint density at radius 3 is 2.32 bits per heavy atom. The van der Waals surface area contributed by atoms with Crippen LogP contribution in [0.3, 0.4) is 0 Å². The number of aliphatic hydroxyl groups excluding tert-OH is 1. The first kappa shape index (κ1) is 16.9. The Bertz CT molecular complexity index is 265. The van der Waals surface area contributed by atoms with Gasteiger partial charge in [-0.15, -0.1) is 11.8 Å². The van der Waals surface area contributed by atoms with E-state index < -0.39 is 0 Å². The summed E-state index contributed by atoms with van der Waals surface area (Å²) in [4.78, 5) is 3.87.